The van der Waals surface area contributed by atoms with Gasteiger partial charge in [0, 0.05) is 19.4 Å². The van der Waals surface area contributed by atoms with E-state index in [0.717, 1.165) is 23.1 Å². The van der Waals surface area contributed by atoms with Crippen LogP contribution in [0.15, 0.2) is 47.8 Å². The Morgan fingerprint density at radius 2 is 2.05 bits per heavy atom. The maximum absolute atomic E-state index is 4.98. The Kier molecular flexibility index (Phi) is 5.65. The van der Waals surface area contributed by atoms with E-state index in [9.17, 15) is 0 Å². The smallest absolute Gasteiger partial charge is 0.145 e. The van der Waals surface area contributed by atoms with E-state index in [0.29, 0.717) is 6.61 Å². The number of ether oxygens (including phenoxy) is 1. The molecule has 0 amide bonds. The standard InChI is InChI=1S/C14H17N3OS/c1-18-8-7-16-13-9-15-10-14(17-13)19-11-12-5-3-2-4-6-12/h2-6,9-10H,7-8,11H2,1H3,(H,16,17). The number of nitrogens with zero attached hydrogens (tertiary/aromatic N) is 2. The quantitative estimate of drug-likeness (QED) is 0.622. The number of thioether (sulfide) groups is 1. The lowest BCUT2D eigenvalue weighted by atomic mass is 10.2. The summed E-state index contributed by atoms with van der Waals surface area (Å²) in [6.07, 6.45) is 3.51. The van der Waals surface area contributed by atoms with E-state index in [1.807, 2.05) is 18.2 Å². The number of hydrogen-bond acceptors (Lipinski definition) is 5. The van der Waals surface area contributed by atoms with Crippen LogP contribution in [0.5, 0.6) is 0 Å². The van der Waals surface area contributed by atoms with Crippen molar-refractivity contribution in [3.63, 3.8) is 0 Å². The molecule has 19 heavy (non-hydrogen) atoms. The Balaban J connectivity index is 1.88. The fourth-order valence-corrected chi connectivity index (χ4v) is 2.32. The molecular formula is C14H17N3OS. The number of anilines is 1. The van der Waals surface area contributed by atoms with Crippen LogP contribution in [0.2, 0.25) is 0 Å². The fraction of sp³-hybridized carbons (Fsp3) is 0.286. The van der Waals surface area contributed by atoms with E-state index in [1.165, 1.54) is 5.56 Å². The van der Waals surface area contributed by atoms with Gasteiger partial charge in [-0.25, -0.2) is 4.98 Å². The first-order valence-corrected chi connectivity index (χ1v) is 7.08. The van der Waals surface area contributed by atoms with Crippen molar-refractivity contribution in [3.8, 4) is 0 Å². The van der Waals surface area contributed by atoms with Gasteiger partial charge in [-0.1, -0.05) is 30.3 Å². The third-order valence-electron chi connectivity index (χ3n) is 2.45. The minimum Gasteiger partial charge on any atom is -0.383 e. The summed E-state index contributed by atoms with van der Waals surface area (Å²) in [5, 5.41) is 4.09. The number of methoxy groups -OCH3 is 1. The Labute approximate surface area is 117 Å². The molecule has 2 aromatic rings. The van der Waals surface area contributed by atoms with Gasteiger partial charge in [0.25, 0.3) is 0 Å². The van der Waals surface area contributed by atoms with Crippen molar-refractivity contribution in [2.75, 3.05) is 25.6 Å². The highest BCUT2D eigenvalue weighted by Crippen LogP contribution is 2.20. The third kappa shape index (κ3) is 4.89. The zero-order valence-corrected chi connectivity index (χ0v) is 11.7. The highest BCUT2D eigenvalue weighted by atomic mass is 32.2. The molecule has 0 atom stereocenters. The van der Waals surface area contributed by atoms with E-state index in [4.69, 9.17) is 4.74 Å². The normalized spacial score (nSPS) is 10.4. The molecule has 100 valence electrons. The van der Waals surface area contributed by atoms with Crippen LogP contribution >= 0.6 is 11.8 Å². The van der Waals surface area contributed by atoms with Crippen molar-refractivity contribution in [3.05, 3.63) is 48.3 Å². The second-order valence-corrected chi connectivity index (χ2v) is 4.93. The van der Waals surface area contributed by atoms with Crippen LogP contribution in [0.25, 0.3) is 0 Å². The van der Waals surface area contributed by atoms with Crippen LogP contribution in [0, 0.1) is 0 Å². The maximum atomic E-state index is 4.98. The molecule has 0 saturated heterocycles. The summed E-state index contributed by atoms with van der Waals surface area (Å²) < 4.78 is 4.98. The molecule has 2 rings (SSSR count). The van der Waals surface area contributed by atoms with E-state index in [1.54, 1.807) is 31.3 Å². The first-order chi connectivity index (χ1) is 9.38. The van der Waals surface area contributed by atoms with E-state index in [-0.39, 0.29) is 0 Å². The highest BCUT2D eigenvalue weighted by molar-refractivity contribution is 7.98. The first-order valence-electron chi connectivity index (χ1n) is 6.10. The Morgan fingerprint density at radius 3 is 2.84 bits per heavy atom. The van der Waals surface area contributed by atoms with Crippen molar-refractivity contribution in [1.29, 1.82) is 0 Å². The number of benzene rings is 1. The average molecular weight is 275 g/mol. The zero-order chi connectivity index (χ0) is 13.3. The molecule has 1 aromatic heterocycles. The predicted octanol–water partition coefficient (Wildman–Crippen LogP) is 2.83. The van der Waals surface area contributed by atoms with Crippen molar-refractivity contribution < 1.29 is 4.74 Å². The summed E-state index contributed by atoms with van der Waals surface area (Å²) in [6.45, 7) is 1.39. The summed E-state index contributed by atoms with van der Waals surface area (Å²) in [5.74, 6) is 1.69. The minimum absolute atomic E-state index is 0.656. The number of hydrogen-bond donors (Lipinski definition) is 1. The van der Waals surface area contributed by atoms with Gasteiger partial charge in [-0.15, -0.1) is 11.8 Å². The molecule has 1 N–H and O–H groups in total. The van der Waals surface area contributed by atoms with Crippen LogP contribution < -0.4 is 5.32 Å². The largest absolute Gasteiger partial charge is 0.383 e. The molecule has 0 radical (unpaired) electrons. The molecule has 4 nitrogen and oxygen atoms in total. The summed E-state index contributed by atoms with van der Waals surface area (Å²) >= 11 is 1.68. The van der Waals surface area contributed by atoms with Crippen LogP contribution in [-0.4, -0.2) is 30.2 Å². The third-order valence-corrected chi connectivity index (χ3v) is 3.42. The molecule has 1 heterocycles. The van der Waals surface area contributed by atoms with Gasteiger partial charge < -0.3 is 10.1 Å². The summed E-state index contributed by atoms with van der Waals surface area (Å²) in [7, 11) is 1.68. The van der Waals surface area contributed by atoms with Crippen LogP contribution in [0.3, 0.4) is 0 Å². The van der Waals surface area contributed by atoms with Gasteiger partial charge >= 0.3 is 0 Å². The van der Waals surface area contributed by atoms with Gasteiger partial charge in [-0.05, 0) is 5.56 Å². The molecule has 0 unspecified atom stereocenters. The number of rotatable bonds is 7. The van der Waals surface area contributed by atoms with E-state index in [2.05, 4.69) is 27.4 Å². The average Bonchev–Trinajstić information content (AvgIpc) is 2.47. The lowest BCUT2D eigenvalue weighted by Crippen LogP contribution is -2.09. The lowest BCUT2D eigenvalue weighted by Gasteiger charge is -2.06. The Bertz CT molecular complexity index is 493. The van der Waals surface area contributed by atoms with Gasteiger partial charge in [-0.2, -0.15) is 0 Å². The van der Waals surface area contributed by atoms with Crippen LogP contribution in [-0.2, 0) is 10.5 Å². The van der Waals surface area contributed by atoms with Crippen LogP contribution in [0.1, 0.15) is 5.56 Å². The SMILES string of the molecule is COCCNc1cncc(SCc2ccccc2)n1. The lowest BCUT2D eigenvalue weighted by molar-refractivity contribution is 0.210. The molecule has 0 spiro atoms. The summed E-state index contributed by atoms with van der Waals surface area (Å²) in [5.41, 5.74) is 1.28. The molecular weight excluding hydrogens is 258 g/mol. The van der Waals surface area contributed by atoms with Crippen LogP contribution in [0.4, 0.5) is 5.82 Å². The van der Waals surface area contributed by atoms with E-state index < -0.39 is 0 Å². The minimum atomic E-state index is 0.656. The fourth-order valence-electron chi connectivity index (χ4n) is 1.52. The van der Waals surface area contributed by atoms with Crippen molar-refractivity contribution in [2.45, 2.75) is 10.8 Å². The molecule has 5 heteroatoms. The predicted molar refractivity (Wildman–Crippen MR) is 78.4 cm³/mol. The van der Waals surface area contributed by atoms with Gasteiger partial charge in [0.1, 0.15) is 10.8 Å². The molecule has 0 saturated carbocycles. The molecule has 0 aliphatic carbocycles. The van der Waals surface area contributed by atoms with Gasteiger partial charge in [0.2, 0.25) is 0 Å². The maximum Gasteiger partial charge on any atom is 0.145 e. The molecule has 0 bridgehead atoms. The van der Waals surface area contributed by atoms with Gasteiger partial charge in [0.05, 0.1) is 19.0 Å². The first kappa shape index (κ1) is 13.8. The monoisotopic (exact) mass is 275 g/mol. The highest BCUT2D eigenvalue weighted by Gasteiger charge is 2.00. The molecule has 0 aliphatic rings. The second-order valence-electron chi connectivity index (χ2n) is 3.94. The molecule has 0 fully saturated rings. The number of aromatic nitrogens is 2. The summed E-state index contributed by atoms with van der Waals surface area (Å²) in [4.78, 5) is 8.68. The Hall–Kier alpha value is -1.59. The van der Waals surface area contributed by atoms with Gasteiger partial charge in [0.15, 0.2) is 0 Å². The molecule has 1 aromatic carbocycles. The van der Waals surface area contributed by atoms with Crippen molar-refractivity contribution in [1.82, 2.24) is 9.97 Å². The topological polar surface area (TPSA) is 47.0 Å². The number of nitrogens with one attached hydrogen (secondary N) is 1. The Morgan fingerprint density at radius 1 is 1.21 bits per heavy atom. The van der Waals surface area contributed by atoms with Gasteiger partial charge in [-0.3, -0.25) is 4.98 Å². The summed E-state index contributed by atoms with van der Waals surface area (Å²) in [6, 6.07) is 10.3. The van der Waals surface area contributed by atoms with Crippen molar-refractivity contribution >= 4 is 17.6 Å². The second kappa shape index (κ2) is 7.76. The van der Waals surface area contributed by atoms with E-state index >= 15 is 0 Å². The zero-order valence-electron chi connectivity index (χ0n) is 10.9. The van der Waals surface area contributed by atoms with Crippen molar-refractivity contribution in [2.24, 2.45) is 0 Å². The molecule has 0 aliphatic heterocycles.